The van der Waals surface area contributed by atoms with Crippen LogP contribution in [-0.2, 0) is 0 Å². The van der Waals surface area contributed by atoms with Gasteiger partial charge in [-0.15, -0.1) is 0 Å². The van der Waals surface area contributed by atoms with E-state index in [4.69, 9.17) is 6.63 Å². The third-order valence-electron chi connectivity index (χ3n) is 1.25. The highest BCUT2D eigenvalue weighted by Gasteiger charge is 2.04. The highest BCUT2D eigenvalue weighted by Crippen LogP contribution is 2.14. The molecule has 42 valence electrons. The van der Waals surface area contributed by atoms with Crippen LogP contribution in [0.4, 0.5) is 0 Å². The maximum Gasteiger partial charge on any atom is 0.0697 e. The van der Waals surface area contributed by atoms with E-state index >= 15 is 0 Å². The molecule has 1 aliphatic rings. The van der Waals surface area contributed by atoms with Crippen molar-refractivity contribution in [1.29, 1.82) is 5.26 Å². The second kappa shape index (κ2) is 2.52. The molecule has 2 atom stereocenters. The number of nitrogens with zero attached hydrogens (tertiary/aromatic N) is 1. The molecule has 0 N–H and O–H groups in total. The predicted octanol–water partition coefficient (Wildman–Crippen LogP) is 1.87. The Morgan fingerprint density at radius 2 is 2.75 bits per heavy atom. The van der Waals surface area contributed by atoms with E-state index in [1.54, 1.807) is 0 Å². The first-order valence-electron chi connectivity index (χ1n) is 3.41. The summed E-state index contributed by atoms with van der Waals surface area (Å²) in [4.78, 5) is 0. The summed E-state index contributed by atoms with van der Waals surface area (Å²) in [6.45, 7) is 0. The van der Waals surface area contributed by atoms with Crippen LogP contribution in [0.1, 0.15) is 20.6 Å². The Hall–Kier alpha value is -0.770. The Balaban J connectivity index is 2.59. The van der Waals surface area contributed by atoms with Crippen molar-refractivity contribution in [1.82, 2.24) is 0 Å². The third kappa shape index (κ3) is 1.10. The monoisotopic (exact) mass is 108 g/mol. The molecule has 0 heterocycles. The third-order valence-corrected chi connectivity index (χ3v) is 1.25. The zero-order chi connectivity index (χ0) is 6.69. The summed E-state index contributed by atoms with van der Waals surface area (Å²) in [7, 11) is 0. The van der Waals surface area contributed by atoms with E-state index in [0.717, 1.165) is 12.8 Å². The van der Waals surface area contributed by atoms with Crippen LogP contribution in [0.2, 0.25) is 0 Å². The SMILES string of the molecule is [2H][C@H]1CCC=C[C@H]1C#N. The van der Waals surface area contributed by atoms with Crippen molar-refractivity contribution in [2.24, 2.45) is 5.92 Å². The highest BCUT2D eigenvalue weighted by molar-refractivity contribution is 5.02. The smallest absolute Gasteiger partial charge is 0.0697 e. The largest absolute Gasteiger partial charge is 0.198 e. The Morgan fingerprint density at radius 3 is 3.25 bits per heavy atom. The van der Waals surface area contributed by atoms with Gasteiger partial charge in [0.1, 0.15) is 0 Å². The molecule has 0 amide bonds. The van der Waals surface area contributed by atoms with Crippen LogP contribution in [-0.4, -0.2) is 0 Å². The molecule has 0 saturated carbocycles. The minimum atomic E-state index is -0.181. The van der Waals surface area contributed by atoms with Gasteiger partial charge >= 0.3 is 0 Å². The molecule has 0 aliphatic heterocycles. The minimum absolute atomic E-state index is 0.154. The van der Waals surface area contributed by atoms with Gasteiger partial charge in [-0.2, -0.15) is 5.26 Å². The zero-order valence-corrected chi connectivity index (χ0v) is 4.67. The van der Waals surface area contributed by atoms with Crippen molar-refractivity contribution >= 4 is 0 Å². The Bertz CT molecular complexity index is 157. The molecule has 0 radical (unpaired) electrons. The van der Waals surface area contributed by atoms with E-state index in [9.17, 15) is 0 Å². The molecule has 0 aromatic rings. The van der Waals surface area contributed by atoms with Gasteiger partial charge in [0.25, 0.3) is 0 Å². The van der Waals surface area contributed by atoms with Crippen LogP contribution < -0.4 is 0 Å². The maximum atomic E-state index is 8.44. The molecular weight excluding hydrogens is 98.1 g/mol. The number of hydrogen-bond donors (Lipinski definition) is 0. The van der Waals surface area contributed by atoms with Gasteiger partial charge in [0.15, 0.2) is 0 Å². The molecule has 1 aliphatic carbocycles. The lowest BCUT2D eigenvalue weighted by molar-refractivity contribution is 0.640. The lowest BCUT2D eigenvalue weighted by atomic mass is 9.98. The second-order valence-electron chi connectivity index (χ2n) is 1.90. The van der Waals surface area contributed by atoms with Crippen molar-refractivity contribution in [3.63, 3.8) is 0 Å². The standard InChI is InChI=1S/C7H9N/c8-6-7-4-2-1-3-5-7/h2,4,7H,1,3,5H2/t7-/m1/s1/i5D/t5-,7+/m0. The van der Waals surface area contributed by atoms with E-state index in [1.807, 2.05) is 12.2 Å². The Labute approximate surface area is 51.0 Å². The van der Waals surface area contributed by atoms with Gasteiger partial charge in [-0.3, -0.25) is 0 Å². The number of hydrogen-bond acceptors (Lipinski definition) is 1. The summed E-state index contributed by atoms with van der Waals surface area (Å²) in [5.41, 5.74) is 0. The second-order valence-corrected chi connectivity index (χ2v) is 1.90. The number of rotatable bonds is 0. The normalized spacial score (nSPS) is 38.1. The fraction of sp³-hybridized carbons (Fsp3) is 0.571. The molecule has 0 aromatic heterocycles. The molecule has 0 saturated heterocycles. The fourth-order valence-electron chi connectivity index (χ4n) is 0.789. The molecule has 0 bridgehead atoms. The summed E-state index contributed by atoms with van der Waals surface area (Å²) in [6, 6.07) is 2.08. The number of nitriles is 1. The van der Waals surface area contributed by atoms with Crippen molar-refractivity contribution < 1.29 is 1.37 Å². The van der Waals surface area contributed by atoms with Gasteiger partial charge in [-0.1, -0.05) is 12.2 Å². The van der Waals surface area contributed by atoms with Crippen LogP contribution in [0.15, 0.2) is 12.2 Å². The summed E-state index contributed by atoms with van der Waals surface area (Å²) in [5.74, 6) is -0.154. The van der Waals surface area contributed by atoms with Gasteiger partial charge in [0.2, 0.25) is 0 Å². The average Bonchev–Trinajstić information content (AvgIpc) is 1.89. The first-order chi connectivity index (χ1) is 4.34. The maximum absolute atomic E-state index is 8.44. The lowest BCUT2D eigenvalue weighted by Gasteiger charge is -2.05. The van der Waals surface area contributed by atoms with Gasteiger partial charge < -0.3 is 0 Å². The molecule has 1 nitrogen and oxygen atoms in total. The molecule has 0 spiro atoms. The molecule has 0 aromatic carbocycles. The van der Waals surface area contributed by atoms with Gasteiger partial charge in [-0.05, 0) is 19.2 Å². The highest BCUT2D eigenvalue weighted by atomic mass is 14.3. The van der Waals surface area contributed by atoms with Crippen LogP contribution in [0.25, 0.3) is 0 Å². The van der Waals surface area contributed by atoms with Gasteiger partial charge in [-0.25, -0.2) is 0 Å². The van der Waals surface area contributed by atoms with Crippen molar-refractivity contribution in [2.45, 2.75) is 19.2 Å². The minimum Gasteiger partial charge on any atom is -0.198 e. The zero-order valence-electron chi connectivity index (χ0n) is 5.67. The van der Waals surface area contributed by atoms with Gasteiger partial charge in [0.05, 0.1) is 12.0 Å². The van der Waals surface area contributed by atoms with Crippen molar-refractivity contribution in [2.75, 3.05) is 0 Å². The van der Waals surface area contributed by atoms with E-state index < -0.39 is 0 Å². The quantitative estimate of drug-likeness (QED) is 0.434. The average molecular weight is 108 g/mol. The van der Waals surface area contributed by atoms with E-state index in [2.05, 4.69) is 6.07 Å². The molecule has 1 heteroatoms. The Morgan fingerprint density at radius 1 is 1.88 bits per heavy atom. The summed E-state index contributed by atoms with van der Waals surface area (Å²) in [6.07, 6.45) is 5.45. The predicted molar refractivity (Wildman–Crippen MR) is 32.1 cm³/mol. The van der Waals surface area contributed by atoms with E-state index in [1.165, 1.54) is 0 Å². The summed E-state index contributed by atoms with van der Waals surface area (Å²) < 4.78 is 7.36. The van der Waals surface area contributed by atoms with Crippen LogP contribution >= 0.6 is 0 Å². The van der Waals surface area contributed by atoms with Crippen molar-refractivity contribution in [3.8, 4) is 6.07 Å². The van der Waals surface area contributed by atoms with E-state index in [0.29, 0.717) is 0 Å². The molecule has 1 rings (SSSR count). The first kappa shape index (κ1) is 4.14. The molecule has 8 heavy (non-hydrogen) atoms. The molecule has 0 unspecified atom stereocenters. The van der Waals surface area contributed by atoms with Crippen LogP contribution in [0.5, 0.6) is 0 Å². The fourth-order valence-corrected chi connectivity index (χ4v) is 0.789. The van der Waals surface area contributed by atoms with Gasteiger partial charge in [0, 0.05) is 1.37 Å². The summed E-state index contributed by atoms with van der Waals surface area (Å²) in [5, 5.41) is 8.44. The lowest BCUT2D eigenvalue weighted by Crippen LogP contribution is -1.95. The molecule has 0 fully saturated rings. The van der Waals surface area contributed by atoms with Crippen molar-refractivity contribution in [3.05, 3.63) is 12.2 Å². The van der Waals surface area contributed by atoms with E-state index in [-0.39, 0.29) is 12.3 Å². The van der Waals surface area contributed by atoms with Crippen LogP contribution in [0.3, 0.4) is 0 Å². The summed E-state index contributed by atoms with van der Waals surface area (Å²) >= 11 is 0. The Kier molecular flexibility index (Phi) is 1.30. The molecular formula is C7H9N. The topological polar surface area (TPSA) is 23.8 Å². The number of allylic oxidation sites excluding steroid dienone is 2. The first-order valence-corrected chi connectivity index (χ1v) is 2.83. The van der Waals surface area contributed by atoms with Crippen LogP contribution in [0, 0.1) is 17.2 Å².